The molecule has 1 fully saturated rings. The molecule has 0 bridgehead atoms. The number of nitrogens with zero attached hydrogens (tertiary/aromatic N) is 1. The van der Waals surface area contributed by atoms with Gasteiger partial charge in [0.1, 0.15) is 5.82 Å². The number of amides is 2. The number of para-hydroxylation sites is 1. The third-order valence-electron chi connectivity index (χ3n) is 4.44. The summed E-state index contributed by atoms with van der Waals surface area (Å²) in [5, 5.41) is 5.73. The lowest BCUT2D eigenvalue weighted by Gasteiger charge is -2.22. The number of hydrogen-bond acceptors (Lipinski definition) is 3. The highest BCUT2D eigenvalue weighted by Crippen LogP contribution is 2.16. The van der Waals surface area contributed by atoms with Crippen LogP contribution < -0.4 is 10.6 Å². The molecule has 2 heterocycles. The van der Waals surface area contributed by atoms with Crippen LogP contribution in [-0.4, -0.2) is 35.3 Å². The maximum absolute atomic E-state index is 11.9. The Kier molecular flexibility index (Phi) is 5.69. The van der Waals surface area contributed by atoms with Crippen LogP contribution >= 0.6 is 0 Å². The van der Waals surface area contributed by atoms with Crippen molar-refractivity contribution in [3.05, 3.63) is 29.6 Å². The van der Waals surface area contributed by atoms with E-state index in [4.69, 9.17) is 4.74 Å². The normalized spacial score (nSPS) is 17.8. The molecule has 6 nitrogen and oxygen atoms in total. The van der Waals surface area contributed by atoms with Crippen molar-refractivity contribution >= 4 is 17.1 Å². The van der Waals surface area contributed by atoms with Gasteiger partial charge in [0.05, 0.1) is 23.7 Å². The predicted molar refractivity (Wildman–Crippen MR) is 93.9 cm³/mol. The van der Waals surface area contributed by atoms with Gasteiger partial charge in [-0.15, -0.1) is 0 Å². The maximum atomic E-state index is 11.9. The van der Waals surface area contributed by atoms with Gasteiger partial charge in [-0.3, -0.25) is 0 Å². The molecule has 1 aliphatic heterocycles. The van der Waals surface area contributed by atoms with Crippen LogP contribution in [0.5, 0.6) is 0 Å². The molecule has 1 saturated heterocycles. The van der Waals surface area contributed by atoms with E-state index in [0.29, 0.717) is 19.2 Å². The monoisotopic (exact) mass is 330 g/mol. The summed E-state index contributed by atoms with van der Waals surface area (Å²) in [7, 11) is 0. The predicted octanol–water partition coefficient (Wildman–Crippen LogP) is 3.02. The molecule has 3 rings (SSSR count). The van der Waals surface area contributed by atoms with E-state index in [2.05, 4.69) is 20.6 Å². The fourth-order valence-electron chi connectivity index (χ4n) is 3.10. The van der Waals surface area contributed by atoms with Crippen molar-refractivity contribution in [2.45, 2.75) is 51.7 Å². The van der Waals surface area contributed by atoms with Crippen LogP contribution in [0.25, 0.3) is 11.0 Å². The summed E-state index contributed by atoms with van der Waals surface area (Å²) in [6, 6.07) is 5.86. The van der Waals surface area contributed by atoms with E-state index in [1.165, 1.54) is 12.8 Å². The summed E-state index contributed by atoms with van der Waals surface area (Å²) in [6.07, 6.45) is 5.93. The van der Waals surface area contributed by atoms with E-state index in [0.717, 1.165) is 48.3 Å². The number of fused-ring (bicyclic) bond motifs is 1. The highest BCUT2D eigenvalue weighted by molar-refractivity contribution is 5.78. The lowest BCUT2D eigenvalue weighted by atomic mass is 10.0. The number of aromatic nitrogens is 2. The Labute approximate surface area is 142 Å². The molecule has 0 spiro atoms. The molecule has 0 radical (unpaired) electrons. The summed E-state index contributed by atoms with van der Waals surface area (Å²) >= 11 is 0. The van der Waals surface area contributed by atoms with Gasteiger partial charge in [0.25, 0.3) is 0 Å². The number of benzene rings is 1. The molecule has 3 N–H and O–H groups in total. The van der Waals surface area contributed by atoms with Crippen LogP contribution in [0.3, 0.4) is 0 Å². The SMILES string of the molecule is Cc1cccc2[nH]c(CNC(=O)NCCC[C@H]3CCCCO3)nc12. The van der Waals surface area contributed by atoms with Gasteiger partial charge in [0, 0.05) is 13.2 Å². The summed E-state index contributed by atoms with van der Waals surface area (Å²) in [4.78, 5) is 19.6. The van der Waals surface area contributed by atoms with Gasteiger partial charge in [-0.05, 0) is 50.7 Å². The first-order chi connectivity index (χ1) is 11.7. The summed E-state index contributed by atoms with van der Waals surface area (Å²) in [6.45, 7) is 3.98. The van der Waals surface area contributed by atoms with Crippen LogP contribution in [0.15, 0.2) is 18.2 Å². The van der Waals surface area contributed by atoms with Crippen molar-refractivity contribution in [1.82, 2.24) is 20.6 Å². The lowest BCUT2D eigenvalue weighted by Crippen LogP contribution is -2.36. The Hall–Kier alpha value is -2.08. The average Bonchev–Trinajstić information content (AvgIpc) is 3.02. The number of carbonyl (C=O) groups is 1. The van der Waals surface area contributed by atoms with Crippen molar-refractivity contribution in [2.75, 3.05) is 13.2 Å². The highest BCUT2D eigenvalue weighted by atomic mass is 16.5. The van der Waals surface area contributed by atoms with Gasteiger partial charge in [-0.2, -0.15) is 0 Å². The smallest absolute Gasteiger partial charge is 0.315 e. The standard InChI is InChI=1S/C18H26N4O2/c1-13-6-4-9-15-17(13)22-16(21-15)12-20-18(23)19-10-5-8-14-7-2-3-11-24-14/h4,6,9,14H,2-3,5,7-8,10-12H2,1H3,(H,21,22)(H2,19,20,23)/t14-/m1/s1. The zero-order chi connectivity index (χ0) is 16.8. The van der Waals surface area contributed by atoms with Crippen molar-refractivity contribution in [1.29, 1.82) is 0 Å². The molecule has 0 aliphatic carbocycles. The van der Waals surface area contributed by atoms with Gasteiger partial charge in [0.15, 0.2) is 0 Å². The minimum atomic E-state index is -0.156. The van der Waals surface area contributed by atoms with Crippen LogP contribution in [0.2, 0.25) is 0 Å². The topological polar surface area (TPSA) is 79.0 Å². The molecular weight excluding hydrogens is 304 g/mol. The molecule has 2 aromatic rings. The molecule has 0 unspecified atom stereocenters. The molecule has 1 aromatic carbocycles. The number of rotatable bonds is 6. The fourth-order valence-corrected chi connectivity index (χ4v) is 3.10. The molecule has 1 aliphatic rings. The molecule has 130 valence electrons. The van der Waals surface area contributed by atoms with E-state index >= 15 is 0 Å². The first-order valence-corrected chi connectivity index (χ1v) is 8.80. The van der Waals surface area contributed by atoms with E-state index in [1.54, 1.807) is 0 Å². The second-order valence-corrected chi connectivity index (χ2v) is 6.39. The molecule has 2 amide bonds. The molecule has 0 saturated carbocycles. The van der Waals surface area contributed by atoms with Gasteiger partial charge in [0.2, 0.25) is 0 Å². The Balaban J connectivity index is 1.36. The van der Waals surface area contributed by atoms with Crippen LogP contribution in [-0.2, 0) is 11.3 Å². The zero-order valence-electron chi connectivity index (χ0n) is 14.2. The van der Waals surface area contributed by atoms with Crippen molar-refractivity contribution in [3.63, 3.8) is 0 Å². The average molecular weight is 330 g/mol. The first kappa shape index (κ1) is 16.8. The molecule has 1 aromatic heterocycles. The van der Waals surface area contributed by atoms with Crippen molar-refractivity contribution in [3.8, 4) is 0 Å². The lowest BCUT2D eigenvalue weighted by molar-refractivity contribution is 0.0103. The van der Waals surface area contributed by atoms with E-state index in [-0.39, 0.29) is 6.03 Å². The summed E-state index contributed by atoms with van der Waals surface area (Å²) in [5.74, 6) is 0.769. The Morgan fingerprint density at radius 3 is 3.08 bits per heavy atom. The number of aryl methyl sites for hydroxylation is 1. The van der Waals surface area contributed by atoms with Gasteiger partial charge >= 0.3 is 6.03 Å². The number of H-pyrrole nitrogens is 1. The number of ether oxygens (including phenoxy) is 1. The van der Waals surface area contributed by atoms with E-state index < -0.39 is 0 Å². The molecule has 1 atom stereocenters. The largest absolute Gasteiger partial charge is 0.378 e. The molecule has 24 heavy (non-hydrogen) atoms. The first-order valence-electron chi connectivity index (χ1n) is 8.80. The number of imidazole rings is 1. The van der Waals surface area contributed by atoms with Gasteiger partial charge in [-0.1, -0.05) is 12.1 Å². The second-order valence-electron chi connectivity index (χ2n) is 6.39. The number of urea groups is 1. The van der Waals surface area contributed by atoms with Crippen molar-refractivity contribution in [2.24, 2.45) is 0 Å². The minimum absolute atomic E-state index is 0.156. The molecule has 6 heteroatoms. The summed E-state index contributed by atoms with van der Waals surface area (Å²) < 4.78 is 5.69. The minimum Gasteiger partial charge on any atom is -0.378 e. The van der Waals surface area contributed by atoms with Gasteiger partial charge < -0.3 is 20.4 Å². The number of nitrogens with one attached hydrogen (secondary N) is 3. The number of carbonyl (C=O) groups excluding carboxylic acids is 1. The van der Waals surface area contributed by atoms with Crippen LogP contribution in [0.4, 0.5) is 4.79 Å². The van der Waals surface area contributed by atoms with E-state index in [9.17, 15) is 4.79 Å². The Bertz CT molecular complexity index is 677. The fraction of sp³-hybridized carbons (Fsp3) is 0.556. The van der Waals surface area contributed by atoms with Crippen molar-refractivity contribution < 1.29 is 9.53 Å². The third-order valence-corrected chi connectivity index (χ3v) is 4.44. The Morgan fingerprint density at radius 1 is 1.38 bits per heavy atom. The van der Waals surface area contributed by atoms with Gasteiger partial charge in [-0.25, -0.2) is 9.78 Å². The highest BCUT2D eigenvalue weighted by Gasteiger charge is 2.13. The van der Waals surface area contributed by atoms with Crippen LogP contribution in [0, 0.1) is 6.92 Å². The Morgan fingerprint density at radius 2 is 2.29 bits per heavy atom. The molecular formula is C18H26N4O2. The summed E-state index contributed by atoms with van der Waals surface area (Å²) in [5.41, 5.74) is 3.09. The van der Waals surface area contributed by atoms with E-state index in [1.807, 2.05) is 25.1 Å². The number of aromatic amines is 1. The maximum Gasteiger partial charge on any atom is 0.315 e. The third kappa shape index (κ3) is 4.47. The quantitative estimate of drug-likeness (QED) is 0.712. The zero-order valence-corrected chi connectivity index (χ0v) is 14.2. The van der Waals surface area contributed by atoms with Crippen LogP contribution in [0.1, 0.15) is 43.5 Å². The second kappa shape index (κ2) is 8.15. The number of hydrogen-bond donors (Lipinski definition) is 3.